The topological polar surface area (TPSA) is 89.4 Å². The van der Waals surface area contributed by atoms with E-state index in [1.807, 2.05) is 0 Å². The van der Waals surface area contributed by atoms with Crippen LogP contribution in [0.2, 0.25) is 0 Å². The summed E-state index contributed by atoms with van der Waals surface area (Å²) in [6.45, 7) is 2.81. The van der Waals surface area contributed by atoms with Crippen molar-refractivity contribution in [3.05, 3.63) is 62.8 Å². The monoisotopic (exact) mass is 367 g/mol. The van der Waals surface area contributed by atoms with Crippen LogP contribution in [0.25, 0.3) is 10.9 Å². The largest absolute Gasteiger partial charge is 0.493 e. The van der Waals surface area contributed by atoms with E-state index in [0.29, 0.717) is 17.1 Å². The number of aryl methyl sites for hydroxylation is 1. The summed E-state index contributed by atoms with van der Waals surface area (Å²) < 4.78 is 10.6. The van der Waals surface area contributed by atoms with Crippen molar-refractivity contribution in [3.63, 3.8) is 0 Å². The molecule has 0 saturated heterocycles. The van der Waals surface area contributed by atoms with Gasteiger partial charge in [-0.05, 0) is 37.1 Å². The first kappa shape index (κ1) is 17.4. The quantitative estimate of drug-likeness (QED) is 0.543. The van der Waals surface area contributed by atoms with Gasteiger partial charge in [-0.25, -0.2) is 0 Å². The van der Waals surface area contributed by atoms with Gasteiger partial charge in [-0.15, -0.1) is 0 Å². The number of rotatable bonds is 4. The smallest absolute Gasteiger partial charge is 0.278 e. The van der Waals surface area contributed by atoms with Crippen LogP contribution in [-0.4, -0.2) is 30.7 Å². The van der Waals surface area contributed by atoms with Crippen molar-refractivity contribution in [3.8, 4) is 11.5 Å². The van der Waals surface area contributed by atoms with E-state index in [1.165, 1.54) is 36.8 Å². The van der Waals surface area contributed by atoms with E-state index in [1.54, 1.807) is 6.07 Å². The van der Waals surface area contributed by atoms with Gasteiger partial charge in [-0.2, -0.15) is 0 Å². The summed E-state index contributed by atoms with van der Waals surface area (Å²) >= 11 is 0. The standard InChI is InChI=1S/C20H21N3O4/c1-11-4-5-15-13(8-11)12-6-7-21-19(20(12)22-15)14-9-17(26-2)18(27-3)10-16(14)23(24)25/h4-5,8-10,19,21-22H,6-7H2,1-3H3. The Hall–Kier alpha value is -3.06. The SMILES string of the molecule is COc1cc(C2NCCc3c2[nH]c2ccc(C)cc32)c([N+](=O)[O-])cc1OC. The highest BCUT2D eigenvalue weighted by Crippen LogP contribution is 2.42. The van der Waals surface area contributed by atoms with E-state index in [0.717, 1.165) is 24.2 Å². The molecule has 7 nitrogen and oxygen atoms in total. The molecule has 0 bridgehead atoms. The number of methoxy groups -OCH3 is 2. The van der Waals surface area contributed by atoms with Gasteiger partial charge in [0, 0.05) is 23.1 Å². The van der Waals surface area contributed by atoms with Gasteiger partial charge in [0.2, 0.25) is 0 Å². The zero-order valence-electron chi connectivity index (χ0n) is 15.5. The molecule has 3 aromatic rings. The lowest BCUT2D eigenvalue weighted by Gasteiger charge is -2.25. The Balaban J connectivity index is 1.93. The lowest BCUT2D eigenvalue weighted by atomic mass is 9.93. The van der Waals surface area contributed by atoms with E-state index >= 15 is 0 Å². The highest BCUT2D eigenvalue weighted by molar-refractivity contribution is 5.86. The summed E-state index contributed by atoms with van der Waals surface area (Å²) in [4.78, 5) is 14.8. The van der Waals surface area contributed by atoms with Crippen LogP contribution in [0.15, 0.2) is 30.3 Å². The number of nitro benzene ring substituents is 1. The summed E-state index contributed by atoms with van der Waals surface area (Å²) in [5.74, 6) is 0.815. The van der Waals surface area contributed by atoms with Gasteiger partial charge in [0.1, 0.15) is 0 Å². The fourth-order valence-electron chi connectivity index (χ4n) is 3.88. The van der Waals surface area contributed by atoms with Crippen molar-refractivity contribution in [1.29, 1.82) is 0 Å². The summed E-state index contributed by atoms with van der Waals surface area (Å²) in [7, 11) is 3.00. The van der Waals surface area contributed by atoms with Crippen LogP contribution in [0.4, 0.5) is 5.69 Å². The molecule has 0 aliphatic carbocycles. The molecule has 140 valence electrons. The third-order valence-electron chi connectivity index (χ3n) is 5.15. The molecule has 1 aliphatic rings. The molecule has 1 aromatic heterocycles. The third kappa shape index (κ3) is 2.80. The maximum absolute atomic E-state index is 11.7. The number of ether oxygens (including phenoxy) is 2. The summed E-state index contributed by atoms with van der Waals surface area (Å²) in [5.41, 5.74) is 4.98. The van der Waals surface area contributed by atoms with Crippen molar-refractivity contribution in [2.75, 3.05) is 20.8 Å². The van der Waals surface area contributed by atoms with Gasteiger partial charge in [-0.3, -0.25) is 10.1 Å². The number of aromatic amines is 1. The van der Waals surface area contributed by atoms with Crippen LogP contribution in [0, 0.1) is 17.0 Å². The number of nitro groups is 1. The number of hydrogen-bond donors (Lipinski definition) is 2. The van der Waals surface area contributed by atoms with Gasteiger partial charge in [0.25, 0.3) is 5.69 Å². The van der Waals surface area contributed by atoms with E-state index in [2.05, 4.69) is 35.4 Å². The molecule has 0 fully saturated rings. The van der Waals surface area contributed by atoms with Crippen LogP contribution in [-0.2, 0) is 6.42 Å². The third-order valence-corrected chi connectivity index (χ3v) is 5.15. The highest BCUT2D eigenvalue weighted by Gasteiger charge is 2.32. The van der Waals surface area contributed by atoms with E-state index < -0.39 is 0 Å². The Kier molecular flexibility index (Phi) is 4.24. The number of benzene rings is 2. The molecule has 4 rings (SSSR count). The Morgan fingerprint density at radius 2 is 1.89 bits per heavy atom. The Bertz CT molecular complexity index is 1040. The predicted molar refractivity (Wildman–Crippen MR) is 103 cm³/mol. The van der Waals surface area contributed by atoms with Crippen molar-refractivity contribution in [2.45, 2.75) is 19.4 Å². The number of aromatic nitrogens is 1. The second-order valence-corrected chi connectivity index (χ2v) is 6.73. The summed E-state index contributed by atoms with van der Waals surface area (Å²) in [5, 5.41) is 16.3. The molecule has 2 N–H and O–H groups in total. The van der Waals surface area contributed by atoms with Crippen LogP contribution >= 0.6 is 0 Å². The molecule has 1 aliphatic heterocycles. The molecule has 0 saturated carbocycles. The Morgan fingerprint density at radius 1 is 1.15 bits per heavy atom. The fraction of sp³-hybridized carbons (Fsp3) is 0.300. The van der Waals surface area contributed by atoms with Crippen molar-refractivity contribution < 1.29 is 14.4 Å². The molecule has 7 heteroatoms. The normalized spacial score (nSPS) is 16.2. The van der Waals surface area contributed by atoms with E-state index in [4.69, 9.17) is 9.47 Å². The molecule has 0 amide bonds. The van der Waals surface area contributed by atoms with Crippen LogP contribution in [0.3, 0.4) is 0 Å². The van der Waals surface area contributed by atoms with Gasteiger partial charge >= 0.3 is 0 Å². The first-order chi connectivity index (χ1) is 13.0. The molecule has 2 heterocycles. The fourth-order valence-corrected chi connectivity index (χ4v) is 3.88. The second-order valence-electron chi connectivity index (χ2n) is 6.73. The zero-order chi connectivity index (χ0) is 19.1. The molecule has 27 heavy (non-hydrogen) atoms. The number of nitrogens with one attached hydrogen (secondary N) is 2. The molecular formula is C20H21N3O4. The average Bonchev–Trinajstić information content (AvgIpc) is 3.04. The van der Waals surface area contributed by atoms with E-state index in [9.17, 15) is 10.1 Å². The number of fused-ring (bicyclic) bond motifs is 3. The minimum absolute atomic E-state index is 0.00726. The molecule has 1 unspecified atom stereocenters. The van der Waals surface area contributed by atoms with Gasteiger partial charge in [0.05, 0.1) is 36.8 Å². The van der Waals surface area contributed by atoms with Crippen molar-refractivity contribution >= 4 is 16.6 Å². The second kappa shape index (κ2) is 6.59. The van der Waals surface area contributed by atoms with Crippen LogP contribution < -0.4 is 14.8 Å². The van der Waals surface area contributed by atoms with Crippen molar-refractivity contribution in [2.24, 2.45) is 0 Å². The lowest BCUT2D eigenvalue weighted by Crippen LogP contribution is -2.31. The van der Waals surface area contributed by atoms with E-state index in [-0.39, 0.29) is 16.7 Å². The minimum Gasteiger partial charge on any atom is -0.493 e. The maximum Gasteiger partial charge on any atom is 0.278 e. The predicted octanol–water partition coefficient (Wildman–Crippen LogP) is 3.64. The van der Waals surface area contributed by atoms with Crippen molar-refractivity contribution in [1.82, 2.24) is 10.3 Å². The first-order valence-corrected chi connectivity index (χ1v) is 8.78. The highest BCUT2D eigenvalue weighted by atomic mass is 16.6. The Labute approximate surface area is 156 Å². The van der Waals surface area contributed by atoms with Crippen LogP contribution in [0.5, 0.6) is 11.5 Å². The molecule has 0 radical (unpaired) electrons. The molecule has 2 aromatic carbocycles. The first-order valence-electron chi connectivity index (χ1n) is 8.78. The lowest BCUT2D eigenvalue weighted by molar-refractivity contribution is -0.385. The Morgan fingerprint density at radius 3 is 2.59 bits per heavy atom. The maximum atomic E-state index is 11.7. The number of H-pyrrole nitrogens is 1. The zero-order valence-corrected chi connectivity index (χ0v) is 15.5. The minimum atomic E-state index is -0.375. The molecule has 0 spiro atoms. The summed E-state index contributed by atoms with van der Waals surface area (Å²) in [6.07, 6.45) is 0.871. The summed E-state index contributed by atoms with van der Waals surface area (Å²) in [6, 6.07) is 9.09. The molecular weight excluding hydrogens is 346 g/mol. The number of hydrogen-bond acceptors (Lipinski definition) is 5. The van der Waals surface area contributed by atoms with Gasteiger partial charge < -0.3 is 19.8 Å². The van der Waals surface area contributed by atoms with Gasteiger partial charge in [0.15, 0.2) is 11.5 Å². The number of nitrogens with zero attached hydrogens (tertiary/aromatic N) is 1. The van der Waals surface area contributed by atoms with Crippen LogP contribution in [0.1, 0.15) is 28.4 Å². The molecule has 1 atom stereocenters. The van der Waals surface area contributed by atoms with Gasteiger partial charge in [-0.1, -0.05) is 11.6 Å². The average molecular weight is 367 g/mol.